The number of hydrogen-bond acceptors (Lipinski definition) is 3. The average Bonchev–Trinajstić information content (AvgIpc) is 2.64. The van der Waals surface area contributed by atoms with Crippen LogP contribution >= 0.6 is 11.6 Å². The molecule has 1 fully saturated rings. The number of nitrogens with zero attached hydrogens (tertiary/aromatic N) is 1. The van der Waals surface area contributed by atoms with Crippen LogP contribution in [0.4, 0.5) is 0 Å². The van der Waals surface area contributed by atoms with Crippen LogP contribution in [-0.2, 0) is 16.1 Å². The van der Waals surface area contributed by atoms with E-state index in [1.807, 2.05) is 36.2 Å². The van der Waals surface area contributed by atoms with Crippen molar-refractivity contribution in [2.75, 3.05) is 20.1 Å². The quantitative estimate of drug-likeness (QED) is 0.864. The summed E-state index contributed by atoms with van der Waals surface area (Å²) in [5, 5.41) is 6.32. The number of likely N-dealkylation sites (N-methyl/N-ethyl adjacent to an activating group) is 1. The van der Waals surface area contributed by atoms with Crippen LogP contribution in [0, 0.1) is 0 Å². The van der Waals surface area contributed by atoms with Gasteiger partial charge in [-0.1, -0.05) is 23.7 Å². The van der Waals surface area contributed by atoms with Gasteiger partial charge in [-0.05, 0) is 44.0 Å². The predicted molar refractivity (Wildman–Crippen MR) is 86.6 cm³/mol. The fourth-order valence-electron chi connectivity index (χ4n) is 2.57. The van der Waals surface area contributed by atoms with E-state index in [1.165, 1.54) is 0 Å². The second-order valence-electron chi connectivity index (χ2n) is 5.71. The lowest BCUT2D eigenvalue weighted by atomic mass is 10.1. The third kappa shape index (κ3) is 5.31. The Morgan fingerprint density at radius 3 is 3.05 bits per heavy atom. The van der Waals surface area contributed by atoms with Gasteiger partial charge in [0.15, 0.2) is 0 Å². The first-order valence-corrected chi connectivity index (χ1v) is 7.92. The van der Waals surface area contributed by atoms with E-state index in [4.69, 9.17) is 11.6 Å². The lowest BCUT2D eigenvalue weighted by Crippen LogP contribution is -2.48. The molecule has 0 radical (unpaired) electrons. The van der Waals surface area contributed by atoms with E-state index < -0.39 is 6.04 Å². The number of hydrogen-bond donors (Lipinski definition) is 2. The summed E-state index contributed by atoms with van der Waals surface area (Å²) in [5.74, 6) is -0.213. The normalized spacial score (nSPS) is 18.7. The van der Waals surface area contributed by atoms with Crippen molar-refractivity contribution >= 4 is 23.4 Å². The molecule has 6 heteroatoms. The molecule has 0 bridgehead atoms. The van der Waals surface area contributed by atoms with Gasteiger partial charge in [-0.15, -0.1) is 0 Å². The summed E-state index contributed by atoms with van der Waals surface area (Å²) in [6, 6.07) is 7.16. The standard InChI is InChI=1S/C16H22ClN3O2/c1-20(10-12-5-4-6-13(17)9-12)11-15(21)19-14-7-2-3-8-18-16(14)22/h4-6,9,14H,2-3,7-8,10-11H2,1H3,(H,18,22)(H,19,21)/t14-/m1/s1. The number of amides is 2. The first-order chi connectivity index (χ1) is 10.5. The zero-order valence-electron chi connectivity index (χ0n) is 12.8. The van der Waals surface area contributed by atoms with Crippen LogP contribution in [0.1, 0.15) is 24.8 Å². The molecule has 0 aliphatic carbocycles. The maximum Gasteiger partial charge on any atom is 0.242 e. The summed E-state index contributed by atoms with van der Waals surface area (Å²) in [6.07, 6.45) is 2.62. The van der Waals surface area contributed by atoms with E-state index >= 15 is 0 Å². The van der Waals surface area contributed by atoms with Crippen molar-refractivity contribution in [1.82, 2.24) is 15.5 Å². The van der Waals surface area contributed by atoms with Crippen molar-refractivity contribution in [3.63, 3.8) is 0 Å². The Morgan fingerprint density at radius 1 is 1.45 bits per heavy atom. The number of rotatable bonds is 5. The molecule has 5 nitrogen and oxygen atoms in total. The molecule has 120 valence electrons. The summed E-state index contributed by atoms with van der Waals surface area (Å²) in [6.45, 7) is 1.57. The number of nitrogens with one attached hydrogen (secondary N) is 2. The maximum atomic E-state index is 12.1. The monoisotopic (exact) mass is 323 g/mol. The first-order valence-electron chi connectivity index (χ1n) is 7.54. The van der Waals surface area contributed by atoms with Gasteiger partial charge in [0.25, 0.3) is 0 Å². The van der Waals surface area contributed by atoms with Gasteiger partial charge in [-0.3, -0.25) is 14.5 Å². The molecule has 1 aliphatic rings. The van der Waals surface area contributed by atoms with Gasteiger partial charge in [0.1, 0.15) is 6.04 Å². The topological polar surface area (TPSA) is 61.4 Å². The Balaban J connectivity index is 1.81. The molecule has 2 rings (SSSR count). The Hall–Kier alpha value is -1.59. The highest BCUT2D eigenvalue weighted by atomic mass is 35.5. The fraction of sp³-hybridized carbons (Fsp3) is 0.500. The Morgan fingerprint density at radius 2 is 2.27 bits per heavy atom. The van der Waals surface area contributed by atoms with Gasteiger partial charge in [0, 0.05) is 18.1 Å². The van der Waals surface area contributed by atoms with Gasteiger partial charge in [0.2, 0.25) is 11.8 Å². The molecule has 1 aliphatic heterocycles. The lowest BCUT2D eigenvalue weighted by Gasteiger charge is -2.19. The molecule has 22 heavy (non-hydrogen) atoms. The molecule has 2 amide bonds. The summed E-state index contributed by atoms with van der Waals surface area (Å²) >= 11 is 5.95. The van der Waals surface area contributed by atoms with E-state index in [0.717, 1.165) is 18.4 Å². The van der Waals surface area contributed by atoms with Crippen molar-refractivity contribution in [2.45, 2.75) is 31.8 Å². The highest BCUT2D eigenvalue weighted by Crippen LogP contribution is 2.12. The molecule has 1 aromatic rings. The molecule has 0 spiro atoms. The SMILES string of the molecule is CN(CC(=O)N[C@@H]1CCCCNC1=O)Cc1cccc(Cl)c1. The van der Waals surface area contributed by atoms with Crippen molar-refractivity contribution < 1.29 is 9.59 Å². The molecule has 1 heterocycles. The smallest absolute Gasteiger partial charge is 0.242 e. The van der Waals surface area contributed by atoms with Crippen LogP contribution in [-0.4, -0.2) is 42.9 Å². The lowest BCUT2D eigenvalue weighted by molar-refractivity contribution is -0.129. The third-order valence-electron chi connectivity index (χ3n) is 3.63. The van der Waals surface area contributed by atoms with E-state index in [1.54, 1.807) is 0 Å². The second-order valence-corrected chi connectivity index (χ2v) is 6.15. The minimum Gasteiger partial charge on any atom is -0.354 e. The minimum atomic E-state index is -0.408. The van der Waals surface area contributed by atoms with Crippen molar-refractivity contribution in [2.24, 2.45) is 0 Å². The van der Waals surface area contributed by atoms with E-state index in [9.17, 15) is 9.59 Å². The van der Waals surface area contributed by atoms with Crippen molar-refractivity contribution in [3.8, 4) is 0 Å². The molecule has 0 aromatic heterocycles. The summed E-state index contributed by atoms with van der Waals surface area (Å²) in [7, 11) is 1.87. The fourth-order valence-corrected chi connectivity index (χ4v) is 2.78. The van der Waals surface area contributed by atoms with Gasteiger partial charge in [-0.2, -0.15) is 0 Å². The van der Waals surface area contributed by atoms with Gasteiger partial charge >= 0.3 is 0 Å². The molecule has 0 saturated carbocycles. The molecule has 1 aromatic carbocycles. The second kappa shape index (κ2) is 8.15. The highest BCUT2D eigenvalue weighted by Gasteiger charge is 2.22. The van der Waals surface area contributed by atoms with Gasteiger partial charge in [-0.25, -0.2) is 0 Å². The van der Waals surface area contributed by atoms with Gasteiger partial charge < -0.3 is 10.6 Å². The van der Waals surface area contributed by atoms with Crippen LogP contribution in [0.5, 0.6) is 0 Å². The van der Waals surface area contributed by atoms with E-state index in [2.05, 4.69) is 10.6 Å². The summed E-state index contributed by atoms with van der Waals surface area (Å²) in [5.41, 5.74) is 1.05. The molecule has 1 saturated heterocycles. The van der Waals surface area contributed by atoms with Crippen LogP contribution in [0.3, 0.4) is 0 Å². The maximum absolute atomic E-state index is 12.1. The number of carbonyl (C=O) groups is 2. The number of benzene rings is 1. The van der Waals surface area contributed by atoms with E-state index in [0.29, 0.717) is 24.5 Å². The molecule has 2 N–H and O–H groups in total. The average molecular weight is 324 g/mol. The third-order valence-corrected chi connectivity index (χ3v) is 3.86. The molecular formula is C16H22ClN3O2. The Labute approximate surface area is 136 Å². The van der Waals surface area contributed by atoms with Crippen molar-refractivity contribution in [3.05, 3.63) is 34.9 Å². The van der Waals surface area contributed by atoms with Crippen LogP contribution in [0.25, 0.3) is 0 Å². The van der Waals surface area contributed by atoms with Crippen LogP contribution < -0.4 is 10.6 Å². The molecule has 1 atom stereocenters. The number of carbonyl (C=O) groups excluding carboxylic acids is 2. The Kier molecular flexibility index (Phi) is 6.21. The minimum absolute atomic E-state index is 0.0802. The zero-order chi connectivity index (χ0) is 15.9. The van der Waals surface area contributed by atoms with Crippen LogP contribution in [0.15, 0.2) is 24.3 Å². The van der Waals surface area contributed by atoms with Crippen molar-refractivity contribution in [1.29, 1.82) is 0 Å². The number of halogens is 1. The summed E-state index contributed by atoms with van der Waals surface area (Å²) < 4.78 is 0. The van der Waals surface area contributed by atoms with E-state index in [-0.39, 0.29) is 18.4 Å². The summed E-state index contributed by atoms with van der Waals surface area (Å²) in [4.78, 5) is 25.8. The largest absolute Gasteiger partial charge is 0.354 e. The van der Waals surface area contributed by atoms with Gasteiger partial charge in [0.05, 0.1) is 6.54 Å². The highest BCUT2D eigenvalue weighted by molar-refractivity contribution is 6.30. The molecular weight excluding hydrogens is 302 g/mol. The zero-order valence-corrected chi connectivity index (χ0v) is 13.5. The molecule has 0 unspecified atom stereocenters. The van der Waals surface area contributed by atoms with Crippen LogP contribution in [0.2, 0.25) is 5.02 Å². The Bertz CT molecular complexity index is 536. The first kappa shape index (κ1) is 16.8. The predicted octanol–water partition coefficient (Wildman–Crippen LogP) is 1.56.